The van der Waals surface area contributed by atoms with Crippen molar-refractivity contribution in [2.24, 2.45) is 5.16 Å². The van der Waals surface area contributed by atoms with Crippen LogP contribution in [0, 0.1) is 0 Å². The first-order valence-corrected chi connectivity index (χ1v) is 7.99. The number of oxime groups is 1. The summed E-state index contributed by atoms with van der Waals surface area (Å²) in [7, 11) is -2.73. The SMILES string of the molecule is COc1ccc(C2=NO[C@H](COS(=O)(=O)C(F)(F)F)C2)cc1OC. The molecule has 0 unspecified atom stereocenters. The predicted octanol–water partition coefficient (Wildman–Crippen LogP) is 2.06. The summed E-state index contributed by atoms with van der Waals surface area (Å²) in [4.78, 5) is 4.92. The van der Waals surface area contributed by atoms with Gasteiger partial charge < -0.3 is 14.3 Å². The fourth-order valence-electron chi connectivity index (χ4n) is 1.94. The van der Waals surface area contributed by atoms with Crippen molar-refractivity contribution in [2.45, 2.75) is 18.0 Å². The molecule has 1 aliphatic heterocycles. The van der Waals surface area contributed by atoms with Crippen molar-refractivity contribution in [3.63, 3.8) is 0 Å². The molecule has 1 aromatic rings. The van der Waals surface area contributed by atoms with Gasteiger partial charge in [0.15, 0.2) is 17.6 Å². The molecule has 1 aromatic carbocycles. The molecule has 1 aliphatic rings. The molecule has 0 saturated heterocycles. The maximum Gasteiger partial charge on any atom is 0.523 e. The van der Waals surface area contributed by atoms with Crippen LogP contribution in [0.4, 0.5) is 13.2 Å². The molecule has 11 heteroatoms. The van der Waals surface area contributed by atoms with Crippen LogP contribution >= 0.6 is 0 Å². The van der Waals surface area contributed by atoms with E-state index in [-0.39, 0.29) is 6.42 Å². The van der Waals surface area contributed by atoms with Gasteiger partial charge >= 0.3 is 15.6 Å². The molecule has 0 amide bonds. The van der Waals surface area contributed by atoms with E-state index in [1.54, 1.807) is 18.2 Å². The van der Waals surface area contributed by atoms with E-state index in [2.05, 4.69) is 9.34 Å². The molecule has 2 rings (SSSR count). The summed E-state index contributed by atoms with van der Waals surface area (Å²) in [5.41, 5.74) is -4.44. The summed E-state index contributed by atoms with van der Waals surface area (Å²) >= 11 is 0. The Morgan fingerprint density at radius 3 is 2.50 bits per heavy atom. The molecule has 7 nitrogen and oxygen atoms in total. The number of benzene rings is 1. The Labute approximate surface area is 136 Å². The summed E-state index contributed by atoms with van der Waals surface area (Å²) < 4.78 is 72.5. The van der Waals surface area contributed by atoms with Crippen molar-refractivity contribution < 1.29 is 40.1 Å². The van der Waals surface area contributed by atoms with E-state index in [9.17, 15) is 21.6 Å². The minimum atomic E-state index is -5.65. The summed E-state index contributed by atoms with van der Waals surface area (Å²) in [5, 5.41) is 3.75. The van der Waals surface area contributed by atoms with Crippen LogP contribution in [-0.4, -0.2) is 46.6 Å². The second-order valence-corrected chi connectivity index (χ2v) is 6.33. The molecular weight excluding hydrogens is 355 g/mol. The van der Waals surface area contributed by atoms with Crippen molar-refractivity contribution in [3.05, 3.63) is 23.8 Å². The van der Waals surface area contributed by atoms with Gasteiger partial charge in [-0.2, -0.15) is 21.6 Å². The number of hydrogen-bond donors (Lipinski definition) is 0. The van der Waals surface area contributed by atoms with Gasteiger partial charge in [-0.3, -0.25) is 4.18 Å². The summed E-state index contributed by atoms with van der Waals surface area (Å²) in [6.45, 7) is -0.790. The molecule has 0 bridgehead atoms. The Morgan fingerprint density at radius 1 is 1.25 bits per heavy atom. The maximum absolute atomic E-state index is 12.2. The lowest BCUT2D eigenvalue weighted by molar-refractivity contribution is -0.0575. The molecule has 1 heterocycles. The molecule has 0 N–H and O–H groups in total. The van der Waals surface area contributed by atoms with Crippen LogP contribution < -0.4 is 9.47 Å². The molecule has 0 fully saturated rings. The molecule has 1 atom stereocenters. The average Bonchev–Trinajstić information content (AvgIpc) is 3.00. The minimum Gasteiger partial charge on any atom is -0.493 e. The molecule has 24 heavy (non-hydrogen) atoms. The van der Waals surface area contributed by atoms with Crippen LogP contribution in [0.2, 0.25) is 0 Å². The highest BCUT2D eigenvalue weighted by Gasteiger charge is 2.47. The third kappa shape index (κ3) is 3.90. The number of methoxy groups -OCH3 is 2. The van der Waals surface area contributed by atoms with Gasteiger partial charge in [0, 0.05) is 12.0 Å². The van der Waals surface area contributed by atoms with Gasteiger partial charge in [-0.15, -0.1) is 0 Å². The summed E-state index contributed by atoms with van der Waals surface area (Å²) in [5.74, 6) is 0.939. The van der Waals surface area contributed by atoms with Gasteiger partial charge in [-0.25, -0.2) is 0 Å². The number of rotatable bonds is 6. The Bertz CT molecular complexity index is 732. The van der Waals surface area contributed by atoms with Crippen molar-refractivity contribution in [3.8, 4) is 11.5 Å². The van der Waals surface area contributed by atoms with Crippen molar-refractivity contribution in [1.29, 1.82) is 0 Å². The third-order valence-corrected chi connectivity index (χ3v) is 4.16. The molecule has 0 saturated carbocycles. The number of halogens is 3. The minimum absolute atomic E-state index is 0.0862. The van der Waals surface area contributed by atoms with Gasteiger partial charge in [0.05, 0.1) is 19.9 Å². The number of alkyl halides is 3. The lowest BCUT2D eigenvalue weighted by Gasteiger charge is -2.11. The van der Waals surface area contributed by atoms with E-state index >= 15 is 0 Å². The smallest absolute Gasteiger partial charge is 0.493 e. The van der Waals surface area contributed by atoms with Gasteiger partial charge in [-0.1, -0.05) is 5.16 Å². The molecule has 0 spiro atoms. The van der Waals surface area contributed by atoms with E-state index < -0.39 is 28.3 Å². The quantitative estimate of drug-likeness (QED) is 0.564. The standard InChI is InChI=1S/C13H14F3NO6S/c1-20-11-4-3-8(5-12(11)21-2)10-6-9(23-17-10)7-22-24(18,19)13(14,15)16/h3-5,9H,6-7H2,1-2H3/t9-/m0/s1. The zero-order chi connectivity index (χ0) is 18.0. The van der Waals surface area contributed by atoms with Crippen molar-refractivity contribution in [2.75, 3.05) is 20.8 Å². The largest absolute Gasteiger partial charge is 0.523 e. The number of ether oxygens (including phenoxy) is 2. The number of nitrogens with zero attached hydrogens (tertiary/aromatic N) is 1. The van der Waals surface area contributed by atoms with Crippen LogP contribution in [0.15, 0.2) is 23.4 Å². The van der Waals surface area contributed by atoms with Crippen LogP contribution in [0.1, 0.15) is 12.0 Å². The first-order valence-electron chi connectivity index (χ1n) is 6.58. The Balaban J connectivity index is 2.01. The van der Waals surface area contributed by atoms with E-state index in [4.69, 9.17) is 14.3 Å². The van der Waals surface area contributed by atoms with E-state index in [1.165, 1.54) is 14.2 Å². The maximum atomic E-state index is 12.2. The molecule has 134 valence electrons. The zero-order valence-corrected chi connectivity index (χ0v) is 13.5. The average molecular weight is 369 g/mol. The van der Waals surface area contributed by atoms with Gasteiger partial charge in [0.2, 0.25) is 0 Å². The zero-order valence-electron chi connectivity index (χ0n) is 12.7. The molecule has 0 aromatic heterocycles. The van der Waals surface area contributed by atoms with Crippen LogP contribution in [-0.2, 0) is 19.1 Å². The highest BCUT2D eigenvalue weighted by atomic mass is 32.2. The summed E-state index contributed by atoms with van der Waals surface area (Å²) in [6, 6.07) is 4.92. The predicted molar refractivity (Wildman–Crippen MR) is 76.5 cm³/mol. The normalized spacial score (nSPS) is 18.0. The topological polar surface area (TPSA) is 83.4 Å². The van der Waals surface area contributed by atoms with E-state index in [1.807, 2.05) is 0 Å². The fraction of sp³-hybridized carbons (Fsp3) is 0.462. The van der Waals surface area contributed by atoms with Crippen LogP contribution in [0.25, 0.3) is 0 Å². The van der Waals surface area contributed by atoms with Gasteiger partial charge in [0.1, 0.15) is 6.61 Å². The lowest BCUT2D eigenvalue weighted by atomic mass is 10.0. The Morgan fingerprint density at radius 2 is 1.92 bits per heavy atom. The summed E-state index contributed by atoms with van der Waals surface area (Å²) in [6.07, 6.45) is -0.853. The Kier molecular flexibility index (Phi) is 5.23. The molecule has 0 radical (unpaired) electrons. The second kappa shape index (κ2) is 6.85. The van der Waals surface area contributed by atoms with E-state index in [0.29, 0.717) is 22.8 Å². The lowest BCUT2D eigenvalue weighted by Crippen LogP contribution is -2.29. The number of hydrogen-bond acceptors (Lipinski definition) is 7. The fourth-order valence-corrected chi connectivity index (χ4v) is 2.40. The van der Waals surface area contributed by atoms with E-state index in [0.717, 1.165) is 0 Å². The highest BCUT2D eigenvalue weighted by Crippen LogP contribution is 2.30. The second-order valence-electron chi connectivity index (χ2n) is 4.72. The molecular formula is C13H14F3NO6S. The van der Waals surface area contributed by atoms with Crippen LogP contribution in [0.3, 0.4) is 0 Å². The first kappa shape index (κ1) is 18.3. The van der Waals surface area contributed by atoms with Gasteiger partial charge in [0.25, 0.3) is 0 Å². The van der Waals surface area contributed by atoms with Gasteiger partial charge in [-0.05, 0) is 18.2 Å². The monoisotopic (exact) mass is 369 g/mol. The molecule has 0 aliphatic carbocycles. The van der Waals surface area contributed by atoms with Crippen molar-refractivity contribution in [1.82, 2.24) is 0 Å². The Hall–Kier alpha value is -2.01. The van der Waals surface area contributed by atoms with Crippen LogP contribution in [0.5, 0.6) is 11.5 Å². The van der Waals surface area contributed by atoms with Crippen molar-refractivity contribution >= 4 is 15.8 Å². The third-order valence-electron chi connectivity index (χ3n) is 3.14. The first-order chi connectivity index (χ1) is 11.2. The highest BCUT2D eigenvalue weighted by molar-refractivity contribution is 7.87.